The Labute approximate surface area is 124 Å². The summed E-state index contributed by atoms with van der Waals surface area (Å²) in [6, 6.07) is 10.3. The van der Waals surface area contributed by atoms with Crippen molar-refractivity contribution in [2.24, 2.45) is 0 Å². The van der Waals surface area contributed by atoms with Crippen LogP contribution in [0.25, 0.3) is 0 Å². The fourth-order valence-corrected chi connectivity index (χ4v) is 2.29. The first-order valence-electron chi connectivity index (χ1n) is 8.12. The lowest BCUT2D eigenvalue weighted by atomic mass is 10.0. The molecule has 1 atom stereocenters. The van der Waals surface area contributed by atoms with Crippen LogP contribution in [0.3, 0.4) is 0 Å². The van der Waals surface area contributed by atoms with Crippen LogP contribution in [-0.2, 0) is 11.3 Å². The first-order chi connectivity index (χ1) is 9.83. The Morgan fingerprint density at radius 2 is 1.65 bits per heavy atom. The average molecular weight is 278 g/mol. The van der Waals surface area contributed by atoms with Gasteiger partial charge in [-0.3, -0.25) is 0 Å². The summed E-state index contributed by atoms with van der Waals surface area (Å²) in [4.78, 5) is 0. The molecule has 0 fully saturated rings. The third-order valence-electron chi connectivity index (χ3n) is 3.58. The largest absolute Gasteiger partial charge is 0.393 e. The molecule has 20 heavy (non-hydrogen) atoms. The van der Waals surface area contributed by atoms with Gasteiger partial charge in [-0.05, 0) is 24.8 Å². The van der Waals surface area contributed by atoms with E-state index in [0.29, 0.717) is 0 Å². The van der Waals surface area contributed by atoms with Gasteiger partial charge in [-0.15, -0.1) is 0 Å². The minimum atomic E-state index is -0.0794. The van der Waals surface area contributed by atoms with Gasteiger partial charge in [0.25, 0.3) is 0 Å². The van der Waals surface area contributed by atoms with Crippen molar-refractivity contribution in [3.63, 3.8) is 0 Å². The number of hydrogen-bond acceptors (Lipinski definition) is 2. The second-order valence-electron chi connectivity index (χ2n) is 5.54. The van der Waals surface area contributed by atoms with E-state index in [1.54, 1.807) is 0 Å². The van der Waals surface area contributed by atoms with Crippen LogP contribution in [0, 0.1) is 0 Å². The molecule has 0 radical (unpaired) electrons. The number of aliphatic hydroxyl groups excluding tert-OH is 1. The number of aliphatic hydroxyl groups is 1. The van der Waals surface area contributed by atoms with Gasteiger partial charge in [-0.2, -0.15) is 0 Å². The van der Waals surface area contributed by atoms with Gasteiger partial charge in [-0.25, -0.2) is 0 Å². The lowest BCUT2D eigenvalue weighted by Gasteiger charge is -2.09. The minimum absolute atomic E-state index is 0.0794. The van der Waals surface area contributed by atoms with Crippen LogP contribution in [0.1, 0.15) is 63.9 Å². The molecule has 0 spiro atoms. The van der Waals surface area contributed by atoms with Crippen LogP contribution >= 0.6 is 0 Å². The normalized spacial score (nSPS) is 12.5. The highest BCUT2D eigenvalue weighted by Gasteiger charge is 2.02. The van der Waals surface area contributed by atoms with Gasteiger partial charge >= 0.3 is 0 Å². The Morgan fingerprint density at radius 1 is 0.950 bits per heavy atom. The van der Waals surface area contributed by atoms with Crippen LogP contribution in [0.2, 0.25) is 0 Å². The molecule has 0 heterocycles. The molecule has 0 saturated heterocycles. The van der Waals surface area contributed by atoms with Crippen molar-refractivity contribution in [2.45, 2.75) is 71.0 Å². The van der Waals surface area contributed by atoms with Gasteiger partial charge in [0.05, 0.1) is 12.7 Å². The highest BCUT2D eigenvalue weighted by molar-refractivity contribution is 5.13. The Kier molecular flexibility index (Phi) is 10.3. The number of unbranched alkanes of at least 4 members (excludes halogenated alkanes) is 4. The van der Waals surface area contributed by atoms with Crippen molar-refractivity contribution in [1.82, 2.24) is 0 Å². The maximum atomic E-state index is 9.72. The van der Waals surface area contributed by atoms with Crippen molar-refractivity contribution < 1.29 is 9.84 Å². The zero-order valence-corrected chi connectivity index (χ0v) is 12.9. The number of hydrogen-bond donors (Lipinski definition) is 1. The van der Waals surface area contributed by atoms with Crippen molar-refractivity contribution in [3.05, 3.63) is 35.9 Å². The lowest BCUT2D eigenvalue weighted by Crippen LogP contribution is -2.05. The van der Waals surface area contributed by atoms with Gasteiger partial charge in [-0.1, -0.05) is 69.4 Å². The standard InChI is InChI=1S/C18H30O2/c1-2-3-13-18(19)14-9-4-5-10-15-20-16-17-11-7-6-8-12-17/h6-8,11-12,18-19H,2-5,9-10,13-16H2,1H3/t18-/m0/s1. The average Bonchev–Trinajstić information content (AvgIpc) is 2.49. The van der Waals surface area contributed by atoms with Gasteiger partial charge in [0.1, 0.15) is 0 Å². The van der Waals surface area contributed by atoms with E-state index in [2.05, 4.69) is 19.1 Å². The summed E-state index contributed by atoms with van der Waals surface area (Å²) in [5.41, 5.74) is 1.24. The van der Waals surface area contributed by atoms with E-state index in [1.165, 1.54) is 24.8 Å². The van der Waals surface area contributed by atoms with E-state index in [9.17, 15) is 5.11 Å². The van der Waals surface area contributed by atoms with Crippen molar-refractivity contribution in [1.29, 1.82) is 0 Å². The second kappa shape index (κ2) is 11.9. The molecule has 0 aliphatic heterocycles. The third kappa shape index (κ3) is 9.11. The molecule has 0 aliphatic carbocycles. The molecule has 114 valence electrons. The molecule has 1 N–H and O–H groups in total. The molecule has 0 aromatic heterocycles. The molecule has 1 rings (SSSR count). The first kappa shape index (κ1) is 17.2. The van der Waals surface area contributed by atoms with Gasteiger partial charge in [0, 0.05) is 6.61 Å². The summed E-state index contributed by atoms with van der Waals surface area (Å²) in [6.45, 7) is 3.73. The Bertz CT molecular complexity index is 310. The van der Waals surface area contributed by atoms with Crippen LogP contribution < -0.4 is 0 Å². The zero-order chi connectivity index (χ0) is 14.5. The van der Waals surface area contributed by atoms with E-state index in [4.69, 9.17) is 4.74 Å². The quantitative estimate of drug-likeness (QED) is 0.561. The molecular weight excluding hydrogens is 248 g/mol. The molecule has 0 unspecified atom stereocenters. The van der Waals surface area contributed by atoms with Gasteiger partial charge < -0.3 is 9.84 Å². The molecule has 2 heteroatoms. The fourth-order valence-electron chi connectivity index (χ4n) is 2.29. The molecule has 0 bridgehead atoms. The zero-order valence-electron chi connectivity index (χ0n) is 12.9. The second-order valence-corrected chi connectivity index (χ2v) is 5.54. The van der Waals surface area contributed by atoms with E-state index in [1.807, 2.05) is 18.2 Å². The molecule has 1 aromatic carbocycles. The van der Waals surface area contributed by atoms with Gasteiger partial charge in [0.2, 0.25) is 0 Å². The van der Waals surface area contributed by atoms with Gasteiger partial charge in [0.15, 0.2) is 0 Å². The fraction of sp³-hybridized carbons (Fsp3) is 0.667. The predicted octanol–water partition coefficient (Wildman–Crippen LogP) is 4.70. The Hall–Kier alpha value is -0.860. The van der Waals surface area contributed by atoms with Crippen molar-refractivity contribution in [3.8, 4) is 0 Å². The maximum absolute atomic E-state index is 9.72. The highest BCUT2D eigenvalue weighted by Crippen LogP contribution is 2.11. The number of rotatable bonds is 12. The lowest BCUT2D eigenvalue weighted by molar-refractivity contribution is 0.115. The van der Waals surface area contributed by atoms with Crippen molar-refractivity contribution >= 4 is 0 Å². The van der Waals surface area contributed by atoms with E-state index in [-0.39, 0.29) is 6.10 Å². The van der Waals surface area contributed by atoms with Crippen LogP contribution in [-0.4, -0.2) is 17.8 Å². The topological polar surface area (TPSA) is 29.5 Å². The van der Waals surface area contributed by atoms with Crippen LogP contribution in [0.4, 0.5) is 0 Å². The highest BCUT2D eigenvalue weighted by atomic mass is 16.5. The molecule has 2 nitrogen and oxygen atoms in total. The monoisotopic (exact) mass is 278 g/mol. The Morgan fingerprint density at radius 3 is 2.40 bits per heavy atom. The molecule has 1 aromatic rings. The SMILES string of the molecule is CCCC[C@H](O)CCCCCCOCc1ccccc1. The van der Waals surface area contributed by atoms with Crippen molar-refractivity contribution in [2.75, 3.05) is 6.61 Å². The predicted molar refractivity (Wildman–Crippen MR) is 84.7 cm³/mol. The van der Waals surface area contributed by atoms with E-state index < -0.39 is 0 Å². The summed E-state index contributed by atoms with van der Waals surface area (Å²) in [5, 5.41) is 9.72. The first-order valence-corrected chi connectivity index (χ1v) is 8.12. The molecule has 0 saturated carbocycles. The minimum Gasteiger partial charge on any atom is -0.393 e. The van der Waals surface area contributed by atoms with E-state index in [0.717, 1.165) is 45.3 Å². The van der Waals surface area contributed by atoms with Crippen LogP contribution in [0.5, 0.6) is 0 Å². The van der Waals surface area contributed by atoms with E-state index >= 15 is 0 Å². The summed E-state index contributed by atoms with van der Waals surface area (Å²) in [7, 11) is 0. The maximum Gasteiger partial charge on any atom is 0.0716 e. The molecule has 0 amide bonds. The third-order valence-corrected chi connectivity index (χ3v) is 3.58. The van der Waals surface area contributed by atoms with Crippen LogP contribution in [0.15, 0.2) is 30.3 Å². The smallest absolute Gasteiger partial charge is 0.0716 e. The number of benzene rings is 1. The summed E-state index contributed by atoms with van der Waals surface area (Å²) in [5.74, 6) is 0. The summed E-state index contributed by atoms with van der Waals surface area (Å²) in [6.07, 6.45) is 8.85. The molecule has 0 aliphatic rings. The molecular formula is C18H30O2. The summed E-state index contributed by atoms with van der Waals surface area (Å²) >= 11 is 0. The number of ether oxygens (including phenoxy) is 1. The summed E-state index contributed by atoms with van der Waals surface area (Å²) < 4.78 is 5.65. The Balaban J connectivity index is 1.85.